The summed E-state index contributed by atoms with van der Waals surface area (Å²) in [6.07, 6.45) is 1.38. The molecule has 0 unspecified atom stereocenters. The fourth-order valence-electron chi connectivity index (χ4n) is 3.25. The number of carbonyl (C=O) groups is 2. The van der Waals surface area contributed by atoms with Crippen molar-refractivity contribution in [3.63, 3.8) is 0 Å². The molecule has 2 aromatic rings. The lowest BCUT2D eigenvalue weighted by Gasteiger charge is -2.32. The van der Waals surface area contributed by atoms with Crippen molar-refractivity contribution in [2.24, 2.45) is 0 Å². The minimum absolute atomic E-state index is 0.161. The van der Waals surface area contributed by atoms with Crippen molar-refractivity contribution in [3.05, 3.63) is 64.1 Å². The molecule has 0 spiro atoms. The van der Waals surface area contributed by atoms with Crippen LogP contribution in [0.4, 0.5) is 5.69 Å². The van der Waals surface area contributed by atoms with Crippen LogP contribution in [0.5, 0.6) is 0 Å². The number of benzene rings is 2. The third-order valence-corrected chi connectivity index (χ3v) is 6.68. The van der Waals surface area contributed by atoms with Crippen LogP contribution in [0.15, 0.2) is 48.5 Å². The molecule has 0 aliphatic carbocycles. The van der Waals surface area contributed by atoms with Gasteiger partial charge in [0.15, 0.2) is 0 Å². The van der Waals surface area contributed by atoms with Gasteiger partial charge in [-0.15, -0.1) is 0 Å². The van der Waals surface area contributed by atoms with E-state index in [9.17, 15) is 18.0 Å². The van der Waals surface area contributed by atoms with Crippen LogP contribution in [-0.4, -0.2) is 50.5 Å². The third kappa shape index (κ3) is 6.85. The molecule has 7 nitrogen and oxygen atoms in total. The number of carbonyl (C=O) groups excluding carboxylic acids is 2. The van der Waals surface area contributed by atoms with E-state index in [2.05, 4.69) is 5.32 Å². The first-order chi connectivity index (χ1) is 15.1. The number of nitrogens with one attached hydrogen (secondary N) is 1. The Morgan fingerprint density at radius 3 is 2.22 bits per heavy atom. The summed E-state index contributed by atoms with van der Waals surface area (Å²) < 4.78 is 26.0. The number of hydrogen-bond donors (Lipinski definition) is 1. The van der Waals surface area contributed by atoms with Crippen molar-refractivity contribution < 1.29 is 18.0 Å². The van der Waals surface area contributed by atoms with Gasteiger partial charge in [0, 0.05) is 13.1 Å². The molecule has 0 aliphatic heterocycles. The molecular weight excluding hydrogens is 473 g/mol. The molecule has 32 heavy (non-hydrogen) atoms. The number of halogens is 2. The van der Waals surface area contributed by atoms with Crippen LogP contribution in [-0.2, 0) is 26.2 Å². The van der Waals surface area contributed by atoms with E-state index in [1.165, 1.54) is 23.1 Å². The smallest absolute Gasteiger partial charge is 0.244 e. The number of rotatable bonds is 10. The maximum Gasteiger partial charge on any atom is 0.244 e. The second kappa shape index (κ2) is 11.5. The van der Waals surface area contributed by atoms with Crippen molar-refractivity contribution in [1.82, 2.24) is 10.2 Å². The predicted octanol–water partition coefficient (Wildman–Crippen LogP) is 3.70. The van der Waals surface area contributed by atoms with Gasteiger partial charge in [0.25, 0.3) is 0 Å². The van der Waals surface area contributed by atoms with E-state index in [4.69, 9.17) is 23.2 Å². The average Bonchev–Trinajstić information content (AvgIpc) is 2.74. The van der Waals surface area contributed by atoms with Gasteiger partial charge in [0.1, 0.15) is 12.6 Å². The van der Waals surface area contributed by atoms with Crippen molar-refractivity contribution in [3.8, 4) is 0 Å². The Kier molecular flexibility index (Phi) is 9.36. The Balaban J connectivity index is 2.42. The molecule has 10 heteroatoms. The van der Waals surface area contributed by atoms with Gasteiger partial charge in [0.2, 0.25) is 21.8 Å². The lowest BCUT2D eigenvalue weighted by molar-refractivity contribution is -0.140. The number of anilines is 1. The molecule has 0 radical (unpaired) electrons. The van der Waals surface area contributed by atoms with Crippen LogP contribution in [0.3, 0.4) is 0 Å². The minimum atomic E-state index is -3.83. The highest BCUT2D eigenvalue weighted by Crippen LogP contribution is 2.28. The molecule has 0 aromatic heterocycles. The molecule has 0 fully saturated rings. The third-order valence-electron chi connectivity index (χ3n) is 4.80. The average molecular weight is 500 g/mol. The van der Waals surface area contributed by atoms with Gasteiger partial charge in [-0.2, -0.15) is 0 Å². The van der Waals surface area contributed by atoms with Crippen LogP contribution in [0.25, 0.3) is 0 Å². The van der Waals surface area contributed by atoms with Gasteiger partial charge in [0.05, 0.1) is 22.0 Å². The number of nitrogens with zero attached hydrogens (tertiary/aromatic N) is 2. The monoisotopic (exact) mass is 499 g/mol. The van der Waals surface area contributed by atoms with E-state index in [1.807, 2.05) is 30.3 Å². The zero-order valence-electron chi connectivity index (χ0n) is 18.2. The van der Waals surface area contributed by atoms with Gasteiger partial charge in [-0.3, -0.25) is 13.9 Å². The van der Waals surface area contributed by atoms with Crippen LogP contribution in [0.2, 0.25) is 10.0 Å². The molecule has 0 saturated carbocycles. The summed E-state index contributed by atoms with van der Waals surface area (Å²) in [4.78, 5) is 27.5. The summed E-state index contributed by atoms with van der Waals surface area (Å²) in [5.74, 6) is -0.803. The highest BCUT2D eigenvalue weighted by atomic mass is 35.5. The quantitative estimate of drug-likeness (QED) is 0.539. The van der Waals surface area contributed by atoms with Gasteiger partial charge < -0.3 is 10.2 Å². The summed E-state index contributed by atoms with van der Waals surface area (Å²) in [6.45, 7) is 3.69. The van der Waals surface area contributed by atoms with Gasteiger partial charge >= 0.3 is 0 Å². The van der Waals surface area contributed by atoms with Crippen molar-refractivity contribution in [1.29, 1.82) is 0 Å². The lowest BCUT2D eigenvalue weighted by Crippen LogP contribution is -2.52. The minimum Gasteiger partial charge on any atom is -0.355 e. The van der Waals surface area contributed by atoms with Crippen LogP contribution < -0.4 is 9.62 Å². The van der Waals surface area contributed by atoms with E-state index in [0.29, 0.717) is 13.0 Å². The maximum atomic E-state index is 13.4. The topological polar surface area (TPSA) is 86.8 Å². The Morgan fingerprint density at radius 1 is 1.03 bits per heavy atom. The van der Waals surface area contributed by atoms with Crippen molar-refractivity contribution in [2.45, 2.75) is 32.9 Å². The van der Waals surface area contributed by atoms with Gasteiger partial charge in [-0.1, -0.05) is 60.5 Å². The fourth-order valence-corrected chi connectivity index (χ4v) is 4.38. The summed E-state index contributed by atoms with van der Waals surface area (Å²) in [7, 11) is -3.83. The summed E-state index contributed by atoms with van der Waals surface area (Å²) >= 11 is 12.0. The molecule has 1 N–H and O–H groups in total. The lowest BCUT2D eigenvalue weighted by atomic mass is 10.1. The second-order valence-electron chi connectivity index (χ2n) is 7.19. The zero-order chi connectivity index (χ0) is 23.9. The Morgan fingerprint density at radius 2 is 1.69 bits per heavy atom. The molecular formula is C22H27Cl2N3O4S. The fraction of sp³-hybridized carbons (Fsp3) is 0.364. The van der Waals surface area contributed by atoms with Gasteiger partial charge in [-0.25, -0.2) is 8.42 Å². The summed E-state index contributed by atoms with van der Waals surface area (Å²) in [5, 5.41) is 3.18. The zero-order valence-corrected chi connectivity index (χ0v) is 20.5. The largest absolute Gasteiger partial charge is 0.355 e. The molecule has 1 atom stereocenters. The first kappa shape index (κ1) is 26.0. The SMILES string of the molecule is CCNC(=O)[C@H](CC)N(Cc1ccccc1)C(=O)CN(c1ccc(Cl)c(Cl)c1)S(C)(=O)=O. The van der Waals surface area contributed by atoms with Gasteiger partial charge in [-0.05, 0) is 37.1 Å². The van der Waals surface area contributed by atoms with E-state index in [-0.39, 0.29) is 28.2 Å². The van der Waals surface area contributed by atoms with Crippen LogP contribution in [0, 0.1) is 0 Å². The molecule has 0 bridgehead atoms. The van der Waals surface area contributed by atoms with E-state index in [0.717, 1.165) is 16.1 Å². The molecule has 0 aliphatic rings. The molecule has 0 heterocycles. The first-order valence-electron chi connectivity index (χ1n) is 10.1. The van der Waals surface area contributed by atoms with Crippen molar-refractivity contribution >= 4 is 50.7 Å². The first-order valence-corrected chi connectivity index (χ1v) is 12.7. The van der Waals surface area contributed by atoms with Crippen LogP contribution >= 0.6 is 23.2 Å². The highest BCUT2D eigenvalue weighted by Gasteiger charge is 2.31. The predicted molar refractivity (Wildman–Crippen MR) is 128 cm³/mol. The maximum absolute atomic E-state index is 13.4. The normalized spacial score (nSPS) is 12.2. The number of hydrogen-bond acceptors (Lipinski definition) is 4. The molecule has 174 valence electrons. The standard InChI is InChI=1S/C22H27Cl2N3O4S/c1-4-20(22(29)25-5-2)26(14-16-9-7-6-8-10-16)21(28)15-27(32(3,30)31)17-11-12-18(23)19(24)13-17/h6-13,20H,4-5,14-15H2,1-3H3,(H,25,29)/t20-/m0/s1. The molecule has 0 saturated heterocycles. The number of amides is 2. The van der Waals surface area contributed by atoms with E-state index >= 15 is 0 Å². The number of likely N-dealkylation sites (N-methyl/N-ethyl adjacent to an activating group) is 1. The van der Waals surface area contributed by atoms with E-state index < -0.39 is 28.5 Å². The Hall–Kier alpha value is -2.29. The van der Waals surface area contributed by atoms with Crippen molar-refractivity contribution in [2.75, 3.05) is 23.7 Å². The highest BCUT2D eigenvalue weighted by molar-refractivity contribution is 7.92. The summed E-state index contributed by atoms with van der Waals surface area (Å²) in [5.41, 5.74) is 1.03. The number of sulfonamides is 1. The molecule has 2 amide bonds. The van der Waals surface area contributed by atoms with E-state index in [1.54, 1.807) is 13.8 Å². The second-order valence-corrected chi connectivity index (χ2v) is 9.92. The Bertz CT molecular complexity index is 1050. The Labute approximate surface area is 199 Å². The molecule has 2 aromatic carbocycles. The summed E-state index contributed by atoms with van der Waals surface area (Å²) in [6, 6.07) is 12.8. The molecule has 2 rings (SSSR count). The van der Waals surface area contributed by atoms with Crippen LogP contribution in [0.1, 0.15) is 25.8 Å².